The Bertz CT molecular complexity index is 291. The summed E-state index contributed by atoms with van der Waals surface area (Å²) >= 11 is 3.43. The molecule has 0 atom stereocenters. The number of alkyl halides is 1. The normalized spacial score (nSPS) is 19.8. The number of hydrogen-bond acceptors (Lipinski definition) is 2. The van der Waals surface area contributed by atoms with E-state index in [0.717, 1.165) is 11.9 Å². The maximum atomic E-state index is 4.09. The van der Waals surface area contributed by atoms with Gasteiger partial charge in [0.2, 0.25) is 0 Å². The molecule has 13 heavy (non-hydrogen) atoms. The van der Waals surface area contributed by atoms with Crippen molar-refractivity contribution in [2.45, 2.75) is 38.1 Å². The van der Waals surface area contributed by atoms with Gasteiger partial charge < -0.3 is 0 Å². The lowest BCUT2D eigenvalue weighted by molar-refractivity contribution is 0.124. The van der Waals surface area contributed by atoms with Crippen LogP contribution in [0.5, 0.6) is 0 Å². The minimum atomic E-state index is 0.477. The molecule has 1 heterocycles. The standard InChI is InChI=1S/C9H14BrN3/c1-9(3-2-4-9)7-13-8(5-10)6-11-12-13/h6H,2-5,7H2,1H3. The van der Waals surface area contributed by atoms with Crippen LogP contribution in [0, 0.1) is 5.41 Å². The van der Waals surface area contributed by atoms with Crippen LogP contribution in [0.4, 0.5) is 0 Å². The summed E-state index contributed by atoms with van der Waals surface area (Å²) in [4.78, 5) is 0. The van der Waals surface area contributed by atoms with Gasteiger partial charge in [0.05, 0.1) is 11.9 Å². The fraction of sp³-hybridized carbons (Fsp3) is 0.778. The van der Waals surface area contributed by atoms with Gasteiger partial charge in [-0.15, -0.1) is 5.10 Å². The molecule has 0 saturated heterocycles. The molecule has 1 aliphatic rings. The molecule has 0 amide bonds. The average molecular weight is 244 g/mol. The van der Waals surface area contributed by atoms with Crippen molar-refractivity contribution in [3.8, 4) is 0 Å². The summed E-state index contributed by atoms with van der Waals surface area (Å²) in [6, 6.07) is 0. The van der Waals surface area contributed by atoms with Crippen molar-refractivity contribution in [1.29, 1.82) is 0 Å². The molecule has 0 N–H and O–H groups in total. The summed E-state index contributed by atoms with van der Waals surface area (Å²) in [7, 11) is 0. The van der Waals surface area contributed by atoms with Gasteiger partial charge in [-0.05, 0) is 18.3 Å². The topological polar surface area (TPSA) is 30.7 Å². The second-order valence-electron chi connectivity index (χ2n) is 4.18. The van der Waals surface area contributed by atoms with Gasteiger partial charge in [0.15, 0.2) is 0 Å². The number of halogens is 1. The van der Waals surface area contributed by atoms with E-state index in [9.17, 15) is 0 Å². The molecule has 1 aliphatic carbocycles. The third-order valence-electron chi connectivity index (χ3n) is 2.93. The van der Waals surface area contributed by atoms with Crippen LogP contribution >= 0.6 is 15.9 Å². The first-order chi connectivity index (χ1) is 6.23. The van der Waals surface area contributed by atoms with E-state index in [1.807, 2.05) is 10.9 Å². The van der Waals surface area contributed by atoms with Crippen LogP contribution in [-0.2, 0) is 11.9 Å². The molecule has 0 bridgehead atoms. The van der Waals surface area contributed by atoms with E-state index in [0.29, 0.717) is 5.41 Å². The van der Waals surface area contributed by atoms with E-state index in [-0.39, 0.29) is 0 Å². The summed E-state index contributed by atoms with van der Waals surface area (Å²) < 4.78 is 2.02. The molecule has 0 radical (unpaired) electrons. The second kappa shape index (κ2) is 3.40. The zero-order valence-electron chi connectivity index (χ0n) is 7.83. The molecule has 4 heteroatoms. The molecule has 2 rings (SSSR count). The Morgan fingerprint density at radius 3 is 2.92 bits per heavy atom. The average Bonchev–Trinajstić information content (AvgIpc) is 2.49. The molecule has 72 valence electrons. The zero-order valence-corrected chi connectivity index (χ0v) is 9.42. The van der Waals surface area contributed by atoms with Crippen LogP contribution in [0.2, 0.25) is 0 Å². The molecular weight excluding hydrogens is 230 g/mol. The first-order valence-electron chi connectivity index (χ1n) is 4.67. The minimum Gasteiger partial charge on any atom is -0.248 e. The third-order valence-corrected chi connectivity index (χ3v) is 3.50. The minimum absolute atomic E-state index is 0.477. The highest BCUT2D eigenvalue weighted by atomic mass is 79.9. The summed E-state index contributed by atoms with van der Waals surface area (Å²) in [5, 5.41) is 8.85. The first kappa shape index (κ1) is 9.19. The molecular formula is C9H14BrN3. The zero-order chi connectivity index (χ0) is 9.31. The van der Waals surface area contributed by atoms with Gasteiger partial charge in [-0.2, -0.15) is 0 Å². The Morgan fingerprint density at radius 1 is 1.62 bits per heavy atom. The van der Waals surface area contributed by atoms with E-state index in [1.165, 1.54) is 25.0 Å². The van der Waals surface area contributed by atoms with Gasteiger partial charge in [0.1, 0.15) is 0 Å². The maximum Gasteiger partial charge on any atom is 0.0733 e. The van der Waals surface area contributed by atoms with Gasteiger partial charge >= 0.3 is 0 Å². The van der Waals surface area contributed by atoms with Crippen molar-refractivity contribution >= 4 is 15.9 Å². The molecule has 0 aliphatic heterocycles. The van der Waals surface area contributed by atoms with E-state index in [1.54, 1.807) is 0 Å². The fourth-order valence-corrected chi connectivity index (χ4v) is 2.25. The number of nitrogens with zero attached hydrogens (tertiary/aromatic N) is 3. The van der Waals surface area contributed by atoms with Crippen LogP contribution in [0.1, 0.15) is 31.9 Å². The number of hydrogen-bond donors (Lipinski definition) is 0. The monoisotopic (exact) mass is 243 g/mol. The largest absolute Gasteiger partial charge is 0.248 e. The molecule has 1 aromatic rings. The Kier molecular flexibility index (Phi) is 2.41. The molecule has 1 fully saturated rings. The predicted molar refractivity (Wildman–Crippen MR) is 54.6 cm³/mol. The van der Waals surface area contributed by atoms with Crippen molar-refractivity contribution in [3.05, 3.63) is 11.9 Å². The highest BCUT2D eigenvalue weighted by Crippen LogP contribution is 2.41. The number of rotatable bonds is 3. The fourth-order valence-electron chi connectivity index (χ4n) is 1.82. The SMILES string of the molecule is CC1(Cn2nncc2CBr)CCC1. The third kappa shape index (κ3) is 1.77. The summed E-state index contributed by atoms with van der Waals surface area (Å²) in [5.41, 5.74) is 1.65. The molecule has 1 saturated carbocycles. The predicted octanol–water partition coefficient (Wildman–Crippen LogP) is 2.36. The van der Waals surface area contributed by atoms with Gasteiger partial charge in [0.25, 0.3) is 0 Å². The van der Waals surface area contributed by atoms with Crippen molar-refractivity contribution in [3.63, 3.8) is 0 Å². The summed E-state index contributed by atoms with van der Waals surface area (Å²) in [5.74, 6) is 0. The van der Waals surface area contributed by atoms with Gasteiger partial charge in [-0.1, -0.05) is 34.5 Å². The van der Waals surface area contributed by atoms with Crippen LogP contribution in [-0.4, -0.2) is 15.0 Å². The Labute approximate surface area is 86.6 Å². The van der Waals surface area contributed by atoms with Crippen LogP contribution < -0.4 is 0 Å². The van der Waals surface area contributed by atoms with E-state index < -0.39 is 0 Å². The molecule has 1 aromatic heterocycles. The van der Waals surface area contributed by atoms with Crippen LogP contribution in [0.25, 0.3) is 0 Å². The van der Waals surface area contributed by atoms with Crippen molar-refractivity contribution < 1.29 is 0 Å². The lowest BCUT2D eigenvalue weighted by Gasteiger charge is -2.38. The Hall–Kier alpha value is -0.380. The highest BCUT2D eigenvalue weighted by molar-refractivity contribution is 9.08. The van der Waals surface area contributed by atoms with Crippen molar-refractivity contribution in [1.82, 2.24) is 15.0 Å². The molecule has 0 unspecified atom stereocenters. The van der Waals surface area contributed by atoms with Gasteiger partial charge in [0, 0.05) is 11.9 Å². The molecule has 3 nitrogen and oxygen atoms in total. The van der Waals surface area contributed by atoms with E-state index in [2.05, 4.69) is 33.2 Å². The van der Waals surface area contributed by atoms with Gasteiger partial charge in [-0.3, -0.25) is 0 Å². The van der Waals surface area contributed by atoms with Crippen molar-refractivity contribution in [2.24, 2.45) is 5.41 Å². The first-order valence-corrected chi connectivity index (χ1v) is 5.79. The van der Waals surface area contributed by atoms with Crippen LogP contribution in [0.3, 0.4) is 0 Å². The van der Waals surface area contributed by atoms with Crippen molar-refractivity contribution in [2.75, 3.05) is 0 Å². The smallest absolute Gasteiger partial charge is 0.0733 e. The van der Waals surface area contributed by atoms with E-state index in [4.69, 9.17) is 0 Å². The summed E-state index contributed by atoms with van der Waals surface area (Å²) in [6.07, 6.45) is 5.86. The Morgan fingerprint density at radius 2 is 2.38 bits per heavy atom. The number of aromatic nitrogens is 3. The summed E-state index contributed by atoms with van der Waals surface area (Å²) in [6.45, 7) is 3.35. The molecule has 0 aromatic carbocycles. The lowest BCUT2D eigenvalue weighted by Crippen LogP contribution is -2.31. The van der Waals surface area contributed by atoms with Crippen LogP contribution in [0.15, 0.2) is 6.20 Å². The second-order valence-corrected chi connectivity index (χ2v) is 4.74. The molecule has 0 spiro atoms. The van der Waals surface area contributed by atoms with E-state index >= 15 is 0 Å². The Balaban J connectivity index is 2.08. The van der Waals surface area contributed by atoms with Gasteiger partial charge in [-0.25, -0.2) is 4.68 Å². The maximum absolute atomic E-state index is 4.09. The highest BCUT2D eigenvalue weighted by Gasteiger charge is 2.32. The quantitative estimate of drug-likeness (QED) is 0.764. The lowest BCUT2D eigenvalue weighted by atomic mass is 9.70.